The smallest absolute Gasteiger partial charge is 0.271 e. The van der Waals surface area contributed by atoms with E-state index in [2.05, 4.69) is 33.2 Å². The molecule has 3 rings (SSSR count). The van der Waals surface area contributed by atoms with Gasteiger partial charge in [0.25, 0.3) is 11.8 Å². The predicted octanol–water partition coefficient (Wildman–Crippen LogP) is 5.52. The van der Waals surface area contributed by atoms with Gasteiger partial charge in [0.1, 0.15) is 0 Å². The highest BCUT2D eigenvalue weighted by Gasteiger charge is 2.37. The fraction of sp³-hybridized carbons (Fsp3) is 0.400. The zero-order chi connectivity index (χ0) is 28.8. The van der Waals surface area contributed by atoms with Gasteiger partial charge >= 0.3 is 12.4 Å². The zero-order valence-corrected chi connectivity index (χ0v) is 21.0. The van der Waals surface area contributed by atoms with Gasteiger partial charge in [-0.1, -0.05) is 38.3 Å². The van der Waals surface area contributed by atoms with Crippen LogP contribution in [0, 0.1) is 0 Å². The molecule has 0 radical (unpaired) electrons. The van der Waals surface area contributed by atoms with Gasteiger partial charge in [-0.25, -0.2) is 0 Å². The molecule has 2 N–H and O–H groups in total. The van der Waals surface area contributed by atoms with Crippen molar-refractivity contribution in [1.82, 2.24) is 31.1 Å². The van der Waals surface area contributed by atoms with Crippen molar-refractivity contribution in [3.05, 3.63) is 64.7 Å². The SMILES string of the molecule is CCCCCCc1ccc(C(=O)NNC(=O)C(C)n2nnc(-c3cc(C(F)(F)F)cc(C(F)(F)F)c3)n2)cc1. The molecule has 0 fully saturated rings. The summed E-state index contributed by atoms with van der Waals surface area (Å²) in [4.78, 5) is 25.5. The van der Waals surface area contributed by atoms with Crippen LogP contribution in [0.25, 0.3) is 11.4 Å². The summed E-state index contributed by atoms with van der Waals surface area (Å²) in [6, 6.07) is 6.56. The summed E-state index contributed by atoms with van der Waals surface area (Å²) in [7, 11) is 0. The monoisotopic (exact) mass is 556 g/mol. The third-order valence-corrected chi connectivity index (χ3v) is 5.83. The fourth-order valence-corrected chi connectivity index (χ4v) is 3.57. The van der Waals surface area contributed by atoms with E-state index in [0.29, 0.717) is 22.5 Å². The van der Waals surface area contributed by atoms with Crippen molar-refractivity contribution < 1.29 is 35.9 Å². The second-order valence-electron chi connectivity index (χ2n) is 8.85. The first-order chi connectivity index (χ1) is 18.3. The summed E-state index contributed by atoms with van der Waals surface area (Å²) in [6.45, 7) is 3.43. The molecule has 0 aliphatic rings. The molecule has 0 saturated heterocycles. The van der Waals surface area contributed by atoms with Gasteiger partial charge in [-0.05, 0) is 60.9 Å². The highest BCUT2D eigenvalue weighted by Crippen LogP contribution is 2.38. The number of alkyl halides is 6. The lowest BCUT2D eigenvalue weighted by Crippen LogP contribution is -2.44. The molecule has 0 aliphatic heterocycles. The number of nitrogens with one attached hydrogen (secondary N) is 2. The standard InChI is InChI=1S/C25H26F6N6O2/c1-3-4-5-6-7-16-8-10-17(11-9-16)23(39)34-33-22(38)15(2)37-35-21(32-36-37)18-12-19(24(26,27)28)14-20(13-18)25(29,30)31/h8-15H,3-7H2,1-2H3,(H,33,38)(H,34,39). The number of carbonyl (C=O) groups excluding carboxylic acids is 2. The van der Waals surface area contributed by atoms with Crippen LogP contribution in [0.15, 0.2) is 42.5 Å². The number of hydrogen-bond acceptors (Lipinski definition) is 5. The molecule has 14 heteroatoms. The Kier molecular flexibility index (Phi) is 9.30. The Morgan fingerprint density at radius 3 is 2.08 bits per heavy atom. The van der Waals surface area contributed by atoms with E-state index in [4.69, 9.17) is 0 Å². The maximum absolute atomic E-state index is 13.1. The maximum atomic E-state index is 13.1. The minimum absolute atomic E-state index is 0.0200. The Hall–Kier alpha value is -3.97. The maximum Gasteiger partial charge on any atom is 0.416 e. The van der Waals surface area contributed by atoms with Crippen molar-refractivity contribution in [3.63, 3.8) is 0 Å². The molecule has 1 heterocycles. The Morgan fingerprint density at radius 1 is 0.897 bits per heavy atom. The summed E-state index contributed by atoms with van der Waals surface area (Å²) < 4.78 is 78.9. The summed E-state index contributed by atoms with van der Waals surface area (Å²) in [5.74, 6) is -1.95. The minimum Gasteiger partial charge on any atom is -0.271 e. The number of nitrogens with zero attached hydrogens (tertiary/aromatic N) is 4. The van der Waals surface area contributed by atoms with Gasteiger partial charge in [-0.3, -0.25) is 20.4 Å². The highest BCUT2D eigenvalue weighted by molar-refractivity contribution is 5.95. The topological polar surface area (TPSA) is 102 Å². The molecule has 39 heavy (non-hydrogen) atoms. The van der Waals surface area contributed by atoms with E-state index >= 15 is 0 Å². The number of halogens is 6. The lowest BCUT2D eigenvalue weighted by atomic mass is 10.0. The molecular formula is C25H26F6N6O2. The summed E-state index contributed by atoms with van der Waals surface area (Å²) in [5, 5.41) is 10.8. The molecule has 0 aliphatic carbocycles. The van der Waals surface area contributed by atoms with Crippen LogP contribution in [0.1, 0.15) is 72.6 Å². The Labute approximate surface area is 219 Å². The second kappa shape index (κ2) is 12.3. The zero-order valence-electron chi connectivity index (χ0n) is 21.0. The number of carbonyl (C=O) groups is 2. The van der Waals surface area contributed by atoms with Crippen molar-refractivity contribution in [2.75, 3.05) is 0 Å². The minimum atomic E-state index is -5.05. The molecule has 0 spiro atoms. The predicted molar refractivity (Wildman–Crippen MR) is 128 cm³/mol. The molecule has 0 saturated carbocycles. The van der Waals surface area contributed by atoms with Crippen molar-refractivity contribution >= 4 is 11.8 Å². The molecule has 1 atom stereocenters. The van der Waals surface area contributed by atoms with E-state index in [0.717, 1.165) is 37.7 Å². The molecule has 2 aromatic carbocycles. The van der Waals surface area contributed by atoms with E-state index in [1.807, 2.05) is 12.1 Å². The molecule has 1 unspecified atom stereocenters. The Bertz CT molecular complexity index is 1260. The van der Waals surface area contributed by atoms with Crippen LogP contribution in [0.5, 0.6) is 0 Å². The number of aromatic nitrogens is 4. The number of aryl methyl sites for hydroxylation is 1. The number of benzene rings is 2. The van der Waals surface area contributed by atoms with E-state index in [1.165, 1.54) is 6.92 Å². The Balaban J connectivity index is 1.64. The van der Waals surface area contributed by atoms with Crippen molar-refractivity contribution in [2.24, 2.45) is 0 Å². The van der Waals surface area contributed by atoms with Crippen LogP contribution >= 0.6 is 0 Å². The number of unbranched alkanes of at least 4 members (excludes halogenated alkanes) is 3. The van der Waals surface area contributed by atoms with Crippen molar-refractivity contribution in [3.8, 4) is 11.4 Å². The van der Waals surface area contributed by atoms with E-state index in [9.17, 15) is 35.9 Å². The van der Waals surface area contributed by atoms with Crippen molar-refractivity contribution in [1.29, 1.82) is 0 Å². The van der Waals surface area contributed by atoms with Crippen LogP contribution < -0.4 is 10.9 Å². The van der Waals surface area contributed by atoms with Gasteiger partial charge in [0.05, 0.1) is 11.1 Å². The molecule has 8 nitrogen and oxygen atoms in total. The van der Waals surface area contributed by atoms with Crippen LogP contribution in [-0.4, -0.2) is 32.0 Å². The quantitative estimate of drug-likeness (QED) is 0.205. The second-order valence-corrected chi connectivity index (χ2v) is 8.85. The first kappa shape index (κ1) is 29.6. The third-order valence-electron chi connectivity index (χ3n) is 5.83. The van der Waals surface area contributed by atoms with Crippen LogP contribution in [-0.2, 0) is 23.6 Å². The number of amides is 2. The number of hydrogen-bond donors (Lipinski definition) is 2. The molecule has 0 bridgehead atoms. The van der Waals surface area contributed by atoms with Crippen LogP contribution in [0.2, 0.25) is 0 Å². The average molecular weight is 557 g/mol. The number of rotatable bonds is 9. The lowest BCUT2D eigenvalue weighted by molar-refractivity contribution is -0.143. The fourth-order valence-electron chi connectivity index (χ4n) is 3.57. The van der Waals surface area contributed by atoms with Crippen LogP contribution in [0.3, 0.4) is 0 Å². The van der Waals surface area contributed by atoms with Gasteiger partial charge < -0.3 is 0 Å². The van der Waals surface area contributed by atoms with E-state index < -0.39 is 52.7 Å². The number of hydrazine groups is 1. The summed E-state index contributed by atoms with van der Waals surface area (Å²) >= 11 is 0. The first-order valence-corrected chi connectivity index (χ1v) is 12.1. The van der Waals surface area contributed by atoms with E-state index in [1.54, 1.807) is 12.1 Å². The Morgan fingerprint density at radius 2 is 1.51 bits per heavy atom. The molecule has 3 aromatic rings. The van der Waals surface area contributed by atoms with Gasteiger partial charge in [0.2, 0.25) is 5.82 Å². The van der Waals surface area contributed by atoms with Crippen LogP contribution in [0.4, 0.5) is 26.3 Å². The first-order valence-electron chi connectivity index (χ1n) is 12.1. The molecule has 1 aromatic heterocycles. The molecule has 2 amide bonds. The summed E-state index contributed by atoms with van der Waals surface area (Å²) in [6.07, 6.45) is -4.74. The summed E-state index contributed by atoms with van der Waals surface area (Å²) in [5.41, 5.74) is 2.13. The van der Waals surface area contributed by atoms with Gasteiger partial charge in [-0.15, -0.1) is 10.2 Å². The van der Waals surface area contributed by atoms with E-state index in [-0.39, 0.29) is 6.07 Å². The average Bonchev–Trinajstić information content (AvgIpc) is 3.38. The third kappa shape index (κ3) is 8.01. The van der Waals surface area contributed by atoms with Gasteiger partial charge in [0.15, 0.2) is 6.04 Å². The lowest BCUT2D eigenvalue weighted by Gasteiger charge is -2.13. The normalized spacial score (nSPS) is 12.7. The van der Waals surface area contributed by atoms with Gasteiger partial charge in [-0.2, -0.15) is 31.1 Å². The highest BCUT2D eigenvalue weighted by atomic mass is 19.4. The number of tetrazole rings is 1. The van der Waals surface area contributed by atoms with Gasteiger partial charge in [0, 0.05) is 11.1 Å². The van der Waals surface area contributed by atoms with Crippen molar-refractivity contribution in [2.45, 2.75) is 64.3 Å². The largest absolute Gasteiger partial charge is 0.416 e. The molecular weight excluding hydrogens is 530 g/mol. The molecule has 210 valence electrons.